The first-order valence-electron chi connectivity index (χ1n) is 8.24. The number of rotatable bonds is 7. The topological polar surface area (TPSA) is 161 Å². The Bertz CT molecular complexity index is 1040. The summed E-state index contributed by atoms with van der Waals surface area (Å²) in [5, 5.41) is 16.6. The Hall–Kier alpha value is -2.80. The number of aliphatic hydroxyl groups is 2. The zero-order chi connectivity index (χ0) is 22.8. The fourth-order valence-corrected chi connectivity index (χ4v) is 4.42. The van der Waals surface area contributed by atoms with E-state index in [-0.39, 0.29) is 11.5 Å². The molecule has 0 saturated carbocycles. The zero-order valence-electron chi connectivity index (χ0n) is 15.8. The largest absolute Gasteiger partial charge is 0.378 e. The van der Waals surface area contributed by atoms with Gasteiger partial charge < -0.3 is 18.6 Å². The Morgan fingerprint density at radius 2 is 0.933 bits per heavy atom. The molecule has 0 amide bonds. The van der Waals surface area contributed by atoms with Gasteiger partial charge in [-0.15, -0.1) is 0 Å². The molecule has 0 radical (unpaired) electrons. The van der Waals surface area contributed by atoms with Gasteiger partial charge in [0.25, 0.3) is 0 Å². The van der Waals surface area contributed by atoms with Crippen LogP contribution < -0.4 is 8.37 Å². The first-order chi connectivity index (χ1) is 13.7. The number of hydrogen-bond acceptors (Lipinski definition) is 10. The van der Waals surface area contributed by atoms with Crippen molar-refractivity contribution in [3.63, 3.8) is 0 Å². The molecule has 0 saturated heterocycles. The Labute approximate surface area is 172 Å². The molecule has 30 heavy (non-hydrogen) atoms. The highest BCUT2D eigenvalue weighted by molar-refractivity contribution is 8.03. The van der Waals surface area contributed by atoms with Gasteiger partial charge in [-0.2, -0.15) is 16.8 Å². The molecular formula is C18H18O10S2. The second kappa shape index (κ2) is 8.14. The van der Waals surface area contributed by atoms with Crippen molar-refractivity contribution in [1.82, 2.24) is 0 Å². The number of carbonyl (C=O) groups is 2. The molecule has 0 aliphatic heterocycles. The molecule has 0 heterocycles. The van der Waals surface area contributed by atoms with Gasteiger partial charge >= 0.3 is 30.5 Å². The lowest BCUT2D eigenvalue weighted by Crippen LogP contribution is -2.63. The summed E-state index contributed by atoms with van der Waals surface area (Å²) in [4.78, 5) is 24.8. The normalized spacial score (nSPS) is 16.0. The van der Waals surface area contributed by atoms with Crippen LogP contribution >= 0.6 is 0 Å². The molecule has 2 N–H and O–H groups in total. The molecular weight excluding hydrogens is 440 g/mol. The van der Waals surface area contributed by atoms with Gasteiger partial charge in [0.05, 0.1) is 0 Å². The highest BCUT2D eigenvalue weighted by atomic mass is 32.2. The van der Waals surface area contributed by atoms with Crippen LogP contribution in [0.3, 0.4) is 0 Å². The molecule has 0 aromatic heterocycles. The Balaban J connectivity index is 2.33. The van der Waals surface area contributed by atoms with Gasteiger partial charge in [-0.25, -0.2) is 0 Å². The molecule has 0 aliphatic carbocycles. The lowest BCUT2D eigenvalue weighted by atomic mass is 9.88. The van der Waals surface area contributed by atoms with Crippen molar-refractivity contribution in [2.75, 3.05) is 0 Å². The fraction of sp³-hybridized carbons (Fsp3) is 0.222. The van der Waals surface area contributed by atoms with Crippen molar-refractivity contribution < 1.29 is 45.0 Å². The molecule has 0 fully saturated rings. The fourth-order valence-electron chi connectivity index (χ4n) is 2.17. The van der Waals surface area contributed by atoms with E-state index in [2.05, 4.69) is 8.37 Å². The van der Waals surface area contributed by atoms with E-state index in [1.54, 1.807) is 12.1 Å². The molecule has 2 atom stereocenters. The molecule has 12 heteroatoms. The maximum Gasteiger partial charge on any atom is 0.376 e. The summed E-state index contributed by atoms with van der Waals surface area (Å²) in [6.07, 6.45) is 0. The van der Waals surface area contributed by atoms with Crippen LogP contribution in [0.5, 0.6) is 11.5 Å². The quantitative estimate of drug-likeness (QED) is 0.554. The molecule has 0 bridgehead atoms. The van der Waals surface area contributed by atoms with Crippen LogP contribution in [-0.2, 0) is 29.8 Å². The molecule has 162 valence electrons. The number of carbonyl (C=O) groups excluding carboxylic acids is 2. The number of hydrogen-bond donors (Lipinski definition) is 2. The molecule has 2 aromatic carbocycles. The van der Waals surface area contributed by atoms with Crippen LogP contribution in [0.15, 0.2) is 60.7 Å². The summed E-state index contributed by atoms with van der Waals surface area (Å²) in [7, 11) is -10.5. The van der Waals surface area contributed by atoms with Crippen LogP contribution in [0.25, 0.3) is 0 Å². The van der Waals surface area contributed by atoms with E-state index < -0.39 is 41.7 Å². The van der Waals surface area contributed by atoms with Crippen LogP contribution in [0.1, 0.15) is 13.8 Å². The summed E-state index contributed by atoms with van der Waals surface area (Å²) in [5.41, 5.74) is -6.82. The van der Waals surface area contributed by atoms with E-state index in [9.17, 15) is 36.6 Å². The monoisotopic (exact) mass is 458 g/mol. The Morgan fingerprint density at radius 3 is 1.20 bits per heavy atom. The third kappa shape index (κ3) is 4.67. The molecule has 0 aliphatic rings. The number of benzene rings is 2. The molecule has 2 unspecified atom stereocenters. The van der Waals surface area contributed by atoms with Gasteiger partial charge in [0.15, 0.2) is 11.2 Å². The van der Waals surface area contributed by atoms with E-state index in [1.807, 2.05) is 0 Å². The van der Waals surface area contributed by atoms with Crippen LogP contribution in [0.2, 0.25) is 0 Å². The summed E-state index contributed by atoms with van der Waals surface area (Å²) in [6, 6.07) is 13.5. The van der Waals surface area contributed by atoms with E-state index >= 15 is 0 Å². The van der Waals surface area contributed by atoms with Crippen LogP contribution in [-0.4, -0.2) is 48.5 Å². The van der Waals surface area contributed by atoms with E-state index in [0.717, 1.165) is 0 Å². The van der Waals surface area contributed by atoms with Gasteiger partial charge in [0.1, 0.15) is 11.5 Å². The standard InChI is InChI=1S/C18H18O10S2/c1-17(21,15(19)29(23,24)27-13-9-5-3-6-10-13)18(2,22)16(20)30(25,26)28-14-11-7-4-8-12-14/h3-12,21-22H,1-2H3. The minimum Gasteiger partial charge on any atom is -0.378 e. The minimum atomic E-state index is -5.23. The van der Waals surface area contributed by atoms with Crippen molar-refractivity contribution >= 4 is 30.5 Å². The lowest BCUT2D eigenvalue weighted by molar-refractivity contribution is -0.165. The van der Waals surface area contributed by atoms with Gasteiger partial charge in [-0.3, -0.25) is 9.59 Å². The van der Waals surface area contributed by atoms with Crippen molar-refractivity contribution in [2.24, 2.45) is 0 Å². The van der Waals surface area contributed by atoms with Crippen molar-refractivity contribution in [3.8, 4) is 11.5 Å². The van der Waals surface area contributed by atoms with Gasteiger partial charge in [0, 0.05) is 0 Å². The predicted molar refractivity (Wildman–Crippen MR) is 103 cm³/mol. The summed E-state index contributed by atoms with van der Waals surface area (Å²) >= 11 is 0. The summed E-state index contributed by atoms with van der Waals surface area (Å²) in [5.74, 6) is -0.569. The van der Waals surface area contributed by atoms with E-state index in [4.69, 9.17) is 0 Å². The van der Waals surface area contributed by atoms with Crippen molar-refractivity contribution in [1.29, 1.82) is 0 Å². The van der Waals surface area contributed by atoms with Crippen LogP contribution in [0, 0.1) is 0 Å². The van der Waals surface area contributed by atoms with E-state index in [0.29, 0.717) is 13.8 Å². The third-order valence-electron chi connectivity index (χ3n) is 4.10. The average Bonchev–Trinajstić information content (AvgIpc) is 2.67. The van der Waals surface area contributed by atoms with Gasteiger partial charge in [-0.05, 0) is 38.1 Å². The van der Waals surface area contributed by atoms with Gasteiger partial charge in [0.2, 0.25) is 0 Å². The highest BCUT2D eigenvalue weighted by Gasteiger charge is 2.61. The summed E-state index contributed by atoms with van der Waals surface area (Å²) in [6.45, 7) is 0.939. The highest BCUT2D eigenvalue weighted by Crippen LogP contribution is 2.30. The predicted octanol–water partition coefficient (Wildman–Crippen LogP) is 0.359. The van der Waals surface area contributed by atoms with E-state index in [1.165, 1.54) is 48.5 Å². The molecule has 10 nitrogen and oxygen atoms in total. The Kier molecular flexibility index (Phi) is 6.37. The minimum absolute atomic E-state index is 0.285. The smallest absolute Gasteiger partial charge is 0.376 e. The van der Waals surface area contributed by atoms with Crippen molar-refractivity contribution in [2.45, 2.75) is 25.0 Å². The maximum atomic E-state index is 12.4. The summed E-state index contributed by atoms with van der Waals surface area (Å²) < 4.78 is 58.0. The first-order valence-corrected chi connectivity index (χ1v) is 11.1. The average molecular weight is 458 g/mol. The SMILES string of the molecule is CC(O)(C(=O)S(=O)(=O)Oc1ccccc1)C(C)(O)C(=O)S(=O)(=O)Oc1ccccc1. The first kappa shape index (κ1) is 23.5. The van der Waals surface area contributed by atoms with Gasteiger partial charge in [-0.1, -0.05) is 36.4 Å². The molecule has 0 spiro atoms. The zero-order valence-corrected chi connectivity index (χ0v) is 17.4. The van der Waals surface area contributed by atoms with Crippen LogP contribution in [0.4, 0.5) is 0 Å². The molecule has 2 rings (SSSR count). The molecule has 2 aromatic rings. The maximum absolute atomic E-state index is 12.4. The number of para-hydroxylation sites is 2. The second-order valence-corrected chi connectivity index (χ2v) is 9.31. The lowest BCUT2D eigenvalue weighted by Gasteiger charge is -2.33. The van der Waals surface area contributed by atoms with Crippen molar-refractivity contribution in [3.05, 3.63) is 60.7 Å². The second-order valence-electron chi connectivity index (χ2n) is 6.42. The Morgan fingerprint density at radius 1 is 0.667 bits per heavy atom. The third-order valence-corrected chi connectivity index (χ3v) is 6.62.